The minimum atomic E-state index is -0.966. The van der Waals surface area contributed by atoms with Crippen LogP contribution < -0.4 is 10.6 Å². The number of rotatable bonds is 6. The number of nitrogens with one attached hydrogen (secondary N) is 2. The molecular formula is C14H20F2N2O2. The molecule has 1 aromatic carbocycles. The maximum absolute atomic E-state index is 13.5. The van der Waals surface area contributed by atoms with E-state index in [1.54, 1.807) is 6.92 Å². The first kappa shape index (κ1) is 16.4. The summed E-state index contributed by atoms with van der Waals surface area (Å²) in [5.74, 6) is -1.92. The summed E-state index contributed by atoms with van der Waals surface area (Å²) in [6.45, 7) is 3.61. The predicted molar refractivity (Wildman–Crippen MR) is 72.2 cm³/mol. The summed E-state index contributed by atoms with van der Waals surface area (Å²) in [6.07, 6.45) is 0.802. The average Bonchev–Trinajstić information content (AvgIpc) is 2.40. The van der Waals surface area contributed by atoms with Crippen molar-refractivity contribution in [1.82, 2.24) is 10.6 Å². The lowest BCUT2D eigenvalue weighted by atomic mass is 10.1. The number of carbonyl (C=O) groups excluding carboxylic acids is 1. The molecule has 1 aromatic rings. The van der Waals surface area contributed by atoms with Crippen molar-refractivity contribution >= 4 is 6.03 Å². The third-order valence-corrected chi connectivity index (χ3v) is 2.92. The Morgan fingerprint density at radius 2 is 2.10 bits per heavy atom. The third kappa shape index (κ3) is 4.77. The average molecular weight is 286 g/mol. The topological polar surface area (TPSA) is 61.4 Å². The highest BCUT2D eigenvalue weighted by Gasteiger charge is 2.16. The van der Waals surface area contributed by atoms with Gasteiger partial charge in [0.05, 0.1) is 12.1 Å². The molecule has 1 rings (SSSR count). The van der Waals surface area contributed by atoms with Gasteiger partial charge in [-0.1, -0.05) is 25.5 Å². The van der Waals surface area contributed by atoms with Crippen LogP contribution in [0.4, 0.5) is 13.6 Å². The van der Waals surface area contributed by atoms with Crippen molar-refractivity contribution in [2.75, 3.05) is 6.54 Å². The molecule has 0 heterocycles. The molecule has 0 aliphatic rings. The summed E-state index contributed by atoms with van der Waals surface area (Å²) in [7, 11) is 0. The van der Waals surface area contributed by atoms with Crippen molar-refractivity contribution in [3.05, 3.63) is 35.4 Å². The van der Waals surface area contributed by atoms with Crippen LogP contribution >= 0.6 is 0 Å². The number of benzene rings is 1. The zero-order valence-electron chi connectivity index (χ0n) is 11.6. The Morgan fingerprint density at radius 1 is 1.40 bits per heavy atom. The van der Waals surface area contributed by atoms with Crippen LogP contribution in [0.25, 0.3) is 0 Å². The molecule has 3 N–H and O–H groups in total. The van der Waals surface area contributed by atoms with Crippen molar-refractivity contribution in [1.29, 1.82) is 0 Å². The lowest BCUT2D eigenvalue weighted by Crippen LogP contribution is -2.40. The fourth-order valence-electron chi connectivity index (χ4n) is 1.83. The number of carbonyl (C=O) groups is 1. The van der Waals surface area contributed by atoms with Gasteiger partial charge in [-0.15, -0.1) is 0 Å². The van der Waals surface area contributed by atoms with E-state index in [4.69, 9.17) is 0 Å². The predicted octanol–water partition coefficient (Wildman–Crippen LogP) is 2.49. The van der Waals surface area contributed by atoms with Crippen LogP contribution in [0.2, 0.25) is 0 Å². The minimum absolute atomic E-state index is 0.0780. The van der Waals surface area contributed by atoms with E-state index < -0.39 is 29.8 Å². The summed E-state index contributed by atoms with van der Waals surface area (Å²) in [4.78, 5) is 11.6. The number of hydrogen-bond donors (Lipinski definition) is 3. The molecule has 0 radical (unpaired) electrons. The van der Waals surface area contributed by atoms with E-state index in [9.17, 15) is 18.7 Å². The highest BCUT2D eigenvalue weighted by molar-refractivity contribution is 5.74. The molecule has 0 saturated heterocycles. The van der Waals surface area contributed by atoms with E-state index in [0.717, 1.165) is 12.5 Å². The van der Waals surface area contributed by atoms with Gasteiger partial charge >= 0.3 is 6.03 Å². The van der Waals surface area contributed by atoms with Gasteiger partial charge in [-0.2, -0.15) is 0 Å². The molecule has 0 aliphatic heterocycles. The second-order valence-corrected chi connectivity index (χ2v) is 4.66. The summed E-state index contributed by atoms with van der Waals surface area (Å²) >= 11 is 0. The molecule has 4 nitrogen and oxygen atoms in total. The van der Waals surface area contributed by atoms with Crippen molar-refractivity contribution < 1.29 is 18.7 Å². The number of urea groups is 1. The van der Waals surface area contributed by atoms with Gasteiger partial charge in [0.1, 0.15) is 0 Å². The van der Waals surface area contributed by atoms with Crippen LogP contribution in [0.1, 0.15) is 38.3 Å². The molecule has 2 unspecified atom stereocenters. The van der Waals surface area contributed by atoms with Gasteiger partial charge in [0.2, 0.25) is 0 Å². The molecule has 6 heteroatoms. The number of amides is 2. The Bertz CT molecular complexity index is 455. The Kier molecular flexibility index (Phi) is 6.38. The van der Waals surface area contributed by atoms with Gasteiger partial charge in [-0.25, -0.2) is 13.6 Å². The first-order chi connectivity index (χ1) is 9.45. The van der Waals surface area contributed by atoms with Crippen LogP contribution in [-0.2, 0) is 0 Å². The standard InChI is InChI=1S/C14H20F2N2O2/c1-3-5-10(19)8-17-14(20)18-9(2)11-6-4-7-12(15)13(11)16/h4,6-7,9-10,19H,3,5,8H2,1-2H3,(H2,17,18,20). The van der Waals surface area contributed by atoms with E-state index >= 15 is 0 Å². The fraction of sp³-hybridized carbons (Fsp3) is 0.500. The molecule has 112 valence electrons. The van der Waals surface area contributed by atoms with E-state index in [2.05, 4.69) is 10.6 Å². The number of halogens is 2. The molecule has 0 saturated carbocycles. The van der Waals surface area contributed by atoms with Crippen molar-refractivity contribution in [3.8, 4) is 0 Å². The fourth-order valence-corrected chi connectivity index (χ4v) is 1.83. The van der Waals surface area contributed by atoms with Crippen LogP contribution in [0, 0.1) is 11.6 Å². The number of hydrogen-bond acceptors (Lipinski definition) is 2. The largest absolute Gasteiger partial charge is 0.391 e. The Balaban J connectivity index is 2.51. The summed E-state index contributed by atoms with van der Waals surface area (Å²) in [5.41, 5.74) is 0.0780. The molecule has 0 spiro atoms. The lowest BCUT2D eigenvalue weighted by molar-refractivity contribution is 0.160. The zero-order valence-corrected chi connectivity index (χ0v) is 11.6. The molecule has 20 heavy (non-hydrogen) atoms. The number of aliphatic hydroxyl groups excluding tert-OH is 1. The van der Waals surface area contributed by atoms with Crippen LogP contribution in [0.5, 0.6) is 0 Å². The smallest absolute Gasteiger partial charge is 0.315 e. The molecule has 0 aromatic heterocycles. The molecule has 2 atom stereocenters. The van der Waals surface area contributed by atoms with Crippen LogP contribution in [0.15, 0.2) is 18.2 Å². The summed E-state index contributed by atoms with van der Waals surface area (Å²) in [6, 6.07) is 2.61. The maximum Gasteiger partial charge on any atom is 0.315 e. The van der Waals surface area contributed by atoms with E-state index in [0.29, 0.717) is 6.42 Å². The first-order valence-corrected chi connectivity index (χ1v) is 6.62. The molecule has 0 fully saturated rings. The maximum atomic E-state index is 13.5. The SMILES string of the molecule is CCCC(O)CNC(=O)NC(C)c1cccc(F)c1F. The molecule has 0 aliphatic carbocycles. The van der Waals surface area contributed by atoms with Gasteiger partial charge in [-0.3, -0.25) is 0 Å². The Hall–Kier alpha value is -1.69. The van der Waals surface area contributed by atoms with E-state index in [-0.39, 0.29) is 12.1 Å². The Morgan fingerprint density at radius 3 is 2.75 bits per heavy atom. The highest BCUT2D eigenvalue weighted by atomic mass is 19.2. The normalized spacial score (nSPS) is 13.7. The summed E-state index contributed by atoms with van der Waals surface area (Å²) in [5, 5.41) is 14.5. The Labute approximate surface area is 117 Å². The third-order valence-electron chi connectivity index (χ3n) is 2.92. The minimum Gasteiger partial charge on any atom is -0.391 e. The quantitative estimate of drug-likeness (QED) is 0.752. The second-order valence-electron chi connectivity index (χ2n) is 4.66. The van der Waals surface area contributed by atoms with Crippen LogP contribution in [-0.4, -0.2) is 23.8 Å². The molecule has 0 bridgehead atoms. The highest BCUT2D eigenvalue weighted by Crippen LogP contribution is 2.18. The molecular weight excluding hydrogens is 266 g/mol. The molecule has 2 amide bonds. The number of aliphatic hydroxyl groups is 1. The zero-order chi connectivity index (χ0) is 15.1. The van der Waals surface area contributed by atoms with Gasteiger partial charge in [0.15, 0.2) is 11.6 Å². The van der Waals surface area contributed by atoms with Crippen molar-refractivity contribution in [3.63, 3.8) is 0 Å². The van der Waals surface area contributed by atoms with Crippen LogP contribution in [0.3, 0.4) is 0 Å². The van der Waals surface area contributed by atoms with Gasteiger partial charge in [0, 0.05) is 12.1 Å². The van der Waals surface area contributed by atoms with Gasteiger partial charge < -0.3 is 15.7 Å². The monoisotopic (exact) mass is 286 g/mol. The summed E-state index contributed by atoms with van der Waals surface area (Å²) < 4.78 is 26.6. The first-order valence-electron chi connectivity index (χ1n) is 6.62. The second kappa shape index (κ2) is 7.79. The van der Waals surface area contributed by atoms with E-state index in [1.165, 1.54) is 12.1 Å². The van der Waals surface area contributed by atoms with Gasteiger partial charge in [-0.05, 0) is 19.4 Å². The van der Waals surface area contributed by atoms with Gasteiger partial charge in [0.25, 0.3) is 0 Å². The van der Waals surface area contributed by atoms with Crippen molar-refractivity contribution in [2.45, 2.75) is 38.8 Å². The lowest BCUT2D eigenvalue weighted by Gasteiger charge is -2.17. The van der Waals surface area contributed by atoms with Crippen molar-refractivity contribution in [2.24, 2.45) is 0 Å². The van der Waals surface area contributed by atoms with E-state index in [1.807, 2.05) is 6.92 Å².